The number of rotatable bonds is 5. The van der Waals surface area contributed by atoms with Gasteiger partial charge in [-0.25, -0.2) is 19.7 Å². The number of fused-ring (bicyclic) bond motifs is 1. The summed E-state index contributed by atoms with van der Waals surface area (Å²) in [5.41, 5.74) is 1.84. The zero-order valence-corrected chi connectivity index (χ0v) is 15.4. The standard InChI is InChI=1S/C18H15N7O4/c1-9(16(26)24-15-13-14(20-7-19-13)21-8-22-15)28-18(27)12-5-3-11(4-6-12)17-23-10(2)25-29-17/h3-9H,1-2H3,(H2,19,20,21,22,24,26). The first-order valence-electron chi connectivity index (χ1n) is 8.58. The van der Waals surface area contributed by atoms with Crippen LogP contribution >= 0.6 is 0 Å². The van der Waals surface area contributed by atoms with E-state index in [9.17, 15) is 9.59 Å². The molecule has 29 heavy (non-hydrogen) atoms. The molecule has 0 aliphatic carbocycles. The van der Waals surface area contributed by atoms with Crippen molar-refractivity contribution >= 4 is 28.9 Å². The quantitative estimate of drug-likeness (QED) is 0.485. The van der Waals surface area contributed by atoms with Gasteiger partial charge < -0.3 is 19.6 Å². The van der Waals surface area contributed by atoms with Crippen LogP contribution in [0.3, 0.4) is 0 Å². The number of nitrogens with zero attached hydrogens (tertiary/aromatic N) is 5. The molecule has 0 fully saturated rings. The van der Waals surface area contributed by atoms with Crippen LogP contribution in [0.1, 0.15) is 23.1 Å². The van der Waals surface area contributed by atoms with Gasteiger partial charge in [0.2, 0.25) is 0 Å². The molecule has 0 aliphatic rings. The predicted octanol–water partition coefficient (Wildman–Crippen LogP) is 1.90. The lowest BCUT2D eigenvalue weighted by molar-refractivity contribution is -0.123. The van der Waals surface area contributed by atoms with Crippen molar-refractivity contribution in [3.05, 3.63) is 48.3 Å². The Labute approximate surface area is 163 Å². The van der Waals surface area contributed by atoms with Crippen LogP contribution in [0.4, 0.5) is 5.82 Å². The fraction of sp³-hybridized carbons (Fsp3) is 0.167. The highest BCUT2D eigenvalue weighted by molar-refractivity contribution is 6.00. The second-order valence-electron chi connectivity index (χ2n) is 6.08. The van der Waals surface area contributed by atoms with E-state index in [1.165, 1.54) is 19.6 Å². The van der Waals surface area contributed by atoms with Crippen molar-refractivity contribution in [3.63, 3.8) is 0 Å². The van der Waals surface area contributed by atoms with Crippen LogP contribution in [-0.4, -0.2) is 48.1 Å². The lowest BCUT2D eigenvalue weighted by Gasteiger charge is -2.13. The smallest absolute Gasteiger partial charge is 0.338 e. The first-order valence-corrected chi connectivity index (χ1v) is 8.58. The molecule has 3 heterocycles. The molecule has 146 valence electrons. The molecule has 0 radical (unpaired) electrons. The highest BCUT2D eigenvalue weighted by Gasteiger charge is 2.21. The van der Waals surface area contributed by atoms with Crippen LogP contribution in [-0.2, 0) is 9.53 Å². The van der Waals surface area contributed by atoms with Crippen molar-refractivity contribution in [1.29, 1.82) is 0 Å². The monoisotopic (exact) mass is 393 g/mol. The molecule has 4 rings (SSSR count). The molecule has 1 atom stereocenters. The summed E-state index contributed by atoms with van der Waals surface area (Å²) in [5, 5.41) is 6.32. The number of aromatic nitrogens is 6. The molecule has 1 unspecified atom stereocenters. The van der Waals surface area contributed by atoms with E-state index in [1.807, 2.05) is 0 Å². The summed E-state index contributed by atoms with van der Waals surface area (Å²) >= 11 is 0. The number of benzene rings is 1. The molecule has 0 bridgehead atoms. The Morgan fingerprint density at radius 3 is 2.69 bits per heavy atom. The van der Waals surface area contributed by atoms with Crippen LogP contribution in [0.2, 0.25) is 0 Å². The lowest BCUT2D eigenvalue weighted by Crippen LogP contribution is -2.30. The number of hydrogen-bond acceptors (Lipinski definition) is 9. The molecule has 1 aromatic carbocycles. The molecule has 11 nitrogen and oxygen atoms in total. The molecule has 0 saturated heterocycles. The summed E-state index contributed by atoms with van der Waals surface area (Å²) in [4.78, 5) is 43.6. The normalized spacial score (nSPS) is 11.9. The number of H-pyrrole nitrogens is 1. The molecular weight excluding hydrogens is 378 g/mol. The first-order chi connectivity index (χ1) is 14.0. The Bertz CT molecular complexity index is 1180. The zero-order valence-electron chi connectivity index (χ0n) is 15.4. The van der Waals surface area contributed by atoms with Crippen molar-refractivity contribution in [2.24, 2.45) is 0 Å². The Morgan fingerprint density at radius 1 is 1.17 bits per heavy atom. The van der Waals surface area contributed by atoms with Gasteiger partial charge in [-0.2, -0.15) is 4.98 Å². The van der Waals surface area contributed by atoms with Gasteiger partial charge in [-0.15, -0.1) is 0 Å². The van der Waals surface area contributed by atoms with Crippen LogP contribution < -0.4 is 5.32 Å². The lowest BCUT2D eigenvalue weighted by atomic mass is 10.1. The summed E-state index contributed by atoms with van der Waals surface area (Å²) < 4.78 is 10.3. The number of aryl methyl sites for hydroxylation is 1. The predicted molar refractivity (Wildman–Crippen MR) is 99.7 cm³/mol. The molecule has 0 spiro atoms. The maximum absolute atomic E-state index is 12.4. The average Bonchev–Trinajstić information content (AvgIpc) is 3.37. The van der Waals surface area contributed by atoms with E-state index in [0.29, 0.717) is 28.4 Å². The minimum Gasteiger partial charge on any atom is -0.449 e. The van der Waals surface area contributed by atoms with Gasteiger partial charge in [-0.3, -0.25) is 4.79 Å². The molecule has 0 saturated carbocycles. The van der Waals surface area contributed by atoms with Crippen LogP contribution in [0.15, 0.2) is 41.4 Å². The highest BCUT2D eigenvalue weighted by atomic mass is 16.5. The van der Waals surface area contributed by atoms with Gasteiger partial charge in [0.05, 0.1) is 11.9 Å². The third-order valence-corrected chi connectivity index (χ3v) is 4.01. The van der Waals surface area contributed by atoms with Crippen molar-refractivity contribution in [1.82, 2.24) is 30.1 Å². The van der Waals surface area contributed by atoms with Crippen molar-refractivity contribution < 1.29 is 18.8 Å². The minimum absolute atomic E-state index is 0.250. The van der Waals surface area contributed by atoms with E-state index in [-0.39, 0.29) is 11.4 Å². The Morgan fingerprint density at radius 2 is 1.97 bits per heavy atom. The van der Waals surface area contributed by atoms with Crippen LogP contribution in [0.5, 0.6) is 0 Å². The molecule has 4 aromatic rings. The minimum atomic E-state index is -1.05. The van der Waals surface area contributed by atoms with Crippen LogP contribution in [0, 0.1) is 6.92 Å². The Balaban J connectivity index is 1.41. The Kier molecular flexibility index (Phi) is 4.69. The third kappa shape index (κ3) is 3.78. The number of imidazole rings is 1. The highest BCUT2D eigenvalue weighted by Crippen LogP contribution is 2.19. The molecule has 0 aliphatic heterocycles. The van der Waals surface area contributed by atoms with E-state index in [2.05, 4.69) is 35.4 Å². The number of ether oxygens (including phenoxy) is 1. The molecule has 3 aromatic heterocycles. The number of amides is 1. The van der Waals surface area contributed by atoms with E-state index >= 15 is 0 Å². The molecule has 1 amide bonds. The molecule has 11 heteroatoms. The number of nitrogens with one attached hydrogen (secondary N) is 2. The third-order valence-electron chi connectivity index (χ3n) is 4.01. The summed E-state index contributed by atoms with van der Waals surface area (Å²) in [5.74, 6) is -0.0645. The number of esters is 1. The average molecular weight is 393 g/mol. The van der Waals surface area contributed by atoms with Gasteiger partial charge in [0.1, 0.15) is 11.8 Å². The van der Waals surface area contributed by atoms with Crippen LogP contribution in [0.25, 0.3) is 22.6 Å². The first kappa shape index (κ1) is 18.2. The van der Waals surface area contributed by atoms with Gasteiger partial charge in [0.25, 0.3) is 11.8 Å². The number of aromatic amines is 1. The molecule has 2 N–H and O–H groups in total. The second-order valence-corrected chi connectivity index (χ2v) is 6.08. The number of hydrogen-bond donors (Lipinski definition) is 2. The maximum atomic E-state index is 12.4. The van der Waals surface area contributed by atoms with Gasteiger partial charge >= 0.3 is 5.97 Å². The maximum Gasteiger partial charge on any atom is 0.338 e. The molecular formula is C18H15N7O4. The van der Waals surface area contributed by atoms with E-state index in [1.54, 1.807) is 31.2 Å². The van der Waals surface area contributed by atoms with Gasteiger partial charge in [0.15, 0.2) is 23.4 Å². The van der Waals surface area contributed by atoms with Gasteiger partial charge in [0, 0.05) is 5.56 Å². The summed E-state index contributed by atoms with van der Waals surface area (Å²) in [6.45, 7) is 3.18. The summed E-state index contributed by atoms with van der Waals surface area (Å²) in [6, 6.07) is 6.43. The summed E-state index contributed by atoms with van der Waals surface area (Å²) in [7, 11) is 0. The fourth-order valence-electron chi connectivity index (χ4n) is 2.52. The van der Waals surface area contributed by atoms with Crippen molar-refractivity contribution in [3.8, 4) is 11.5 Å². The SMILES string of the molecule is Cc1noc(-c2ccc(C(=O)OC(C)C(=O)Nc3ncnc4nc[nH]c34)cc2)n1. The second kappa shape index (κ2) is 7.46. The van der Waals surface area contributed by atoms with Crippen molar-refractivity contribution in [2.75, 3.05) is 5.32 Å². The van der Waals surface area contributed by atoms with E-state index < -0.39 is 18.0 Å². The van der Waals surface area contributed by atoms with Gasteiger partial charge in [-0.05, 0) is 38.1 Å². The zero-order chi connectivity index (χ0) is 20.4. The summed E-state index contributed by atoms with van der Waals surface area (Å²) in [6.07, 6.45) is 1.67. The number of carbonyl (C=O) groups is 2. The largest absolute Gasteiger partial charge is 0.449 e. The fourth-order valence-corrected chi connectivity index (χ4v) is 2.52. The van der Waals surface area contributed by atoms with Gasteiger partial charge in [-0.1, -0.05) is 5.16 Å². The topological polar surface area (TPSA) is 149 Å². The Hall–Kier alpha value is -4.15. The van der Waals surface area contributed by atoms with Crippen molar-refractivity contribution in [2.45, 2.75) is 20.0 Å². The van der Waals surface area contributed by atoms with E-state index in [4.69, 9.17) is 9.26 Å². The number of carbonyl (C=O) groups excluding carboxylic acids is 2. The van der Waals surface area contributed by atoms with E-state index in [0.717, 1.165) is 0 Å². The number of anilines is 1.